The van der Waals surface area contributed by atoms with Crippen molar-refractivity contribution in [3.63, 3.8) is 0 Å². The minimum atomic E-state index is -0.833. The third-order valence-electron chi connectivity index (χ3n) is 9.22. The summed E-state index contributed by atoms with van der Waals surface area (Å²) in [5.41, 5.74) is 0.542. The van der Waals surface area contributed by atoms with Crippen molar-refractivity contribution in [3.8, 4) is 0 Å². The number of unbranched alkanes of at least 4 members (excludes halogenated alkanes) is 11. The van der Waals surface area contributed by atoms with Gasteiger partial charge in [-0.2, -0.15) is 0 Å². The lowest BCUT2D eigenvalue weighted by atomic mass is 9.97. The number of carbonyl (C=O) groups is 1. The van der Waals surface area contributed by atoms with E-state index in [1.165, 1.54) is 51.4 Å². The summed E-state index contributed by atoms with van der Waals surface area (Å²) in [5.74, 6) is -0.343. The molecule has 0 spiro atoms. The summed E-state index contributed by atoms with van der Waals surface area (Å²) in [4.78, 5) is 11.7. The van der Waals surface area contributed by atoms with Crippen molar-refractivity contribution in [2.75, 3.05) is 0 Å². The van der Waals surface area contributed by atoms with E-state index in [1.54, 1.807) is 13.0 Å². The van der Waals surface area contributed by atoms with E-state index in [0.717, 1.165) is 51.4 Å². The van der Waals surface area contributed by atoms with Gasteiger partial charge in [-0.05, 0) is 64.4 Å². The number of aliphatic hydroxyl groups is 5. The Morgan fingerprint density at radius 3 is 1.70 bits per heavy atom. The number of hydrogen-bond donors (Lipinski definition) is 5. The average molecular weight is 613 g/mol. The van der Waals surface area contributed by atoms with Gasteiger partial charge in [-0.1, -0.05) is 90.4 Å². The fourth-order valence-electron chi connectivity index (χ4n) is 6.44. The molecule has 43 heavy (non-hydrogen) atoms. The van der Waals surface area contributed by atoms with Crippen LogP contribution >= 0.6 is 0 Å². The molecule has 0 aromatic rings. The second-order valence-corrected chi connectivity index (χ2v) is 13.3. The minimum absolute atomic E-state index is 0.202. The summed E-state index contributed by atoms with van der Waals surface area (Å²) < 4.78 is 11.1. The number of rotatable bonds is 26. The summed E-state index contributed by atoms with van der Waals surface area (Å²) in [6, 6.07) is 0. The lowest BCUT2D eigenvalue weighted by molar-refractivity contribution is -0.139. The molecule has 1 saturated heterocycles. The molecule has 8 heteroatoms. The van der Waals surface area contributed by atoms with Crippen LogP contribution in [-0.2, 0) is 14.3 Å². The zero-order valence-electron chi connectivity index (χ0n) is 27.2. The number of carbonyl (C=O) groups excluding carboxylic acids is 1. The van der Waals surface area contributed by atoms with E-state index in [0.29, 0.717) is 44.1 Å². The normalized spacial score (nSPS) is 24.0. The standard InChI is InChI=1S/C35H64O8/c1-3-4-5-6-7-8-9-10-11-14-19-31(39)33-22-23-34(43-33)32(40)21-16-20-30(38)29(37)18-15-12-13-17-28(36)25-27-24-26(2)42-35(27)41/h24,26,28-34,36-40H,3-23,25H2,1-2H3/t26-,28+,29?,30?,31-,32+,33+,34+/m0/s1. The van der Waals surface area contributed by atoms with Crippen LogP contribution < -0.4 is 0 Å². The summed E-state index contributed by atoms with van der Waals surface area (Å²) in [5, 5.41) is 52.1. The van der Waals surface area contributed by atoms with Gasteiger partial charge in [-0.15, -0.1) is 0 Å². The monoisotopic (exact) mass is 612 g/mol. The van der Waals surface area contributed by atoms with Gasteiger partial charge in [0.05, 0.1) is 42.7 Å². The second kappa shape index (κ2) is 22.5. The highest BCUT2D eigenvalue weighted by atomic mass is 16.5. The van der Waals surface area contributed by atoms with E-state index in [1.807, 2.05) is 0 Å². The molecule has 0 radical (unpaired) electrons. The Hall–Kier alpha value is -1.03. The van der Waals surface area contributed by atoms with E-state index < -0.39 is 30.5 Å². The Bertz CT molecular complexity index is 758. The molecule has 8 atom stereocenters. The lowest BCUT2D eigenvalue weighted by Gasteiger charge is -2.23. The molecule has 2 aliphatic heterocycles. The van der Waals surface area contributed by atoms with Crippen LogP contribution in [0.25, 0.3) is 0 Å². The molecule has 0 aromatic carbocycles. The van der Waals surface area contributed by atoms with E-state index in [4.69, 9.17) is 9.47 Å². The summed E-state index contributed by atoms with van der Waals surface area (Å²) >= 11 is 0. The topological polar surface area (TPSA) is 137 Å². The van der Waals surface area contributed by atoms with Gasteiger partial charge in [0, 0.05) is 12.0 Å². The maximum Gasteiger partial charge on any atom is 0.334 e. The van der Waals surface area contributed by atoms with Crippen molar-refractivity contribution in [2.45, 2.75) is 204 Å². The third kappa shape index (κ3) is 16.2. The van der Waals surface area contributed by atoms with Crippen LogP contribution in [0.5, 0.6) is 0 Å². The van der Waals surface area contributed by atoms with Crippen LogP contribution in [0, 0.1) is 0 Å². The van der Waals surface area contributed by atoms with Crippen molar-refractivity contribution in [1.82, 2.24) is 0 Å². The molecule has 5 N–H and O–H groups in total. The molecule has 0 aromatic heterocycles. The second-order valence-electron chi connectivity index (χ2n) is 13.3. The smallest absolute Gasteiger partial charge is 0.334 e. The van der Waals surface area contributed by atoms with Gasteiger partial charge in [-0.25, -0.2) is 4.79 Å². The van der Waals surface area contributed by atoms with Crippen molar-refractivity contribution in [1.29, 1.82) is 0 Å². The molecule has 2 rings (SSSR count). The molecule has 0 aliphatic carbocycles. The highest BCUT2D eigenvalue weighted by molar-refractivity contribution is 5.90. The summed E-state index contributed by atoms with van der Waals surface area (Å²) in [7, 11) is 0. The predicted octanol–water partition coefficient (Wildman–Crippen LogP) is 6.03. The number of cyclic esters (lactones) is 1. The molecule has 0 bridgehead atoms. The van der Waals surface area contributed by atoms with Crippen LogP contribution in [0.15, 0.2) is 11.6 Å². The fraction of sp³-hybridized carbons (Fsp3) is 0.914. The first-order valence-electron chi connectivity index (χ1n) is 17.7. The zero-order valence-corrected chi connectivity index (χ0v) is 27.2. The van der Waals surface area contributed by atoms with Gasteiger partial charge in [0.25, 0.3) is 0 Å². The van der Waals surface area contributed by atoms with Crippen molar-refractivity contribution in [2.24, 2.45) is 0 Å². The van der Waals surface area contributed by atoms with Gasteiger partial charge < -0.3 is 35.0 Å². The molecule has 2 heterocycles. The molecular weight excluding hydrogens is 548 g/mol. The van der Waals surface area contributed by atoms with E-state index in [9.17, 15) is 30.3 Å². The molecule has 0 amide bonds. The van der Waals surface area contributed by atoms with Crippen LogP contribution in [0.4, 0.5) is 0 Å². The van der Waals surface area contributed by atoms with Crippen LogP contribution in [0.1, 0.15) is 155 Å². The first-order chi connectivity index (χ1) is 20.7. The van der Waals surface area contributed by atoms with Gasteiger partial charge in [0.2, 0.25) is 0 Å². The Morgan fingerprint density at radius 2 is 1.14 bits per heavy atom. The molecule has 2 aliphatic rings. The van der Waals surface area contributed by atoms with Crippen LogP contribution in [0.3, 0.4) is 0 Å². The molecular formula is C35H64O8. The molecule has 2 unspecified atom stereocenters. The fourth-order valence-corrected chi connectivity index (χ4v) is 6.44. The Morgan fingerprint density at radius 1 is 0.674 bits per heavy atom. The van der Waals surface area contributed by atoms with E-state index >= 15 is 0 Å². The van der Waals surface area contributed by atoms with Crippen molar-refractivity contribution in [3.05, 3.63) is 11.6 Å². The molecule has 1 fully saturated rings. The van der Waals surface area contributed by atoms with Gasteiger partial charge in [-0.3, -0.25) is 0 Å². The maximum absolute atomic E-state index is 11.7. The first-order valence-corrected chi connectivity index (χ1v) is 17.7. The number of esters is 1. The summed E-state index contributed by atoms with van der Waals surface area (Å²) in [6.45, 7) is 4.04. The van der Waals surface area contributed by atoms with E-state index in [-0.39, 0.29) is 24.3 Å². The SMILES string of the molecule is CCCCCCCCCCCC[C@H](O)[C@H]1CC[C@H]([C@H](O)CCCC(O)C(O)CCCCC[C@@H](O)CC2=C[C@H](C)OC2=O)O1. The largest absolute Gasteiger partial charge is 0.455 e. The molecule has 0 saturated carbocycles. The Balaban J connectivity index is 1.46. The van der Waals surface area contributed by atoms with Crippen LogP contribution in [-0.4, -0.2) is 80.3 Å². The average Bonchev–Trinajstić information content (AvgIpc) is 3.59. The molecule has 252 valence electrons. The zero-order chi connectivity index (χ0) is 31.5. The number of hydrogen-bond acceptors (Lipinski definition) is 8. The number of aliphatic hydroxyl groups excluding tert-OH is 5. The molecule has 8 nitrogen and oxygen atoms in total. The summed E-state index contributed by atoms with van der Waals surface area (Å²) in [6.07, 6.45) is 17.9. The lowest BCUT2D eigenvalue weighted by Crippen LogP contribution is -2.31. The quantitative estimate of drug-likeness (QED) is 0.0590. The third-order valence-corrected chi connectivity index (χ3v) is 9.22. The van der Waals surface area contributed by atoms with Gasteiger partial charge in [0.1, 0.15) is 6.10 Å². The van der Waals surface area contributed by atoms with Crippen molar-refractivity contribution < 1.29 is 39.8 Å². The highest BCUT2D eigenvalue weighted by Gasteiger charge is 2.34. The van der Waals surface area contributed by atoms with Gasteiger partial charge in [0.15, 0.2) is 0 Å². The highest BCUT2D eigenvalue weighted by Crippen LogP contribution is 2.28. The maximum atomic E-state index is 11.7. The van der Waals surface area contributed by atoms with E-state index in [2.05, 4.69) is 6.92 Å². The minimum Gasteiger partial charge on any atom is -0.455 e. The Kier molecular flexibility index (Phi) is 19.9. The van der Waals surface area contributed by atoms with Gasteiger partial charge >= 0.3 is 5.97 Å². The van der Waals surface area contributed by atoms with Crippen LogP contribution in [0.2, 0.25) is 0 Å². The number of ether oxygens (including phenoxy) is 2. The first kappa shape index (κ1) is 38.2. The predicted molar refractivity (Wildman–Crippen MR) is 170 cm³/mol. The Labute approximate surface area is 261 Å². The van der Waals surface area contributed by atoms with Crippen molar-refractivity contribution >= 4 is 5.97 Å².